The Labute approximate surface area is 252 Å². The zero-order chi connectivity index (χ0) is 27.9. The van der Waals surface area contributed by atoms with Crippen LogP contribution in [0.3, 0.4) is 0 Å². The van der Waals surface area contributed by atoms with Crippen LogP contribution in [0.1, 0.15) is 88.3 Å². The third-order valence-corrected chi connectivity index (χ3v) is 12.7. The average Bonchev–Trinajstić information content (AvgIpc) is 2.95. The van der Waals surface area contributed by atoms with E-state index in [-0.39, 0.29) is 18.7 Å². The lowest BCUT2D eigenvalue weighted by atomic mass is 10.1. The van der Waals surface area contributed by atoms with Gasteiger partial charge in [-0.2, -0.15) is 0 Å². The van der Waals surface area contributed by atoms with E-state index < -0.39 is 7.26 Å². The first-order valence-electron chi connectivity index (χ1n) is 15.3. The summed E-state index contributed by atoms with van der Waals surface area (Å²) in [6.45, 7) is 12.8. The fourth-order valence-electron chi connectivity index (χ4n) is 5.81. The molecule has 0 aliphatic carbocycles. The Balaban J connectivity index is 0.00000560. The van der Waals surface area contributed by atoms with Crippen LogP contribution in [-0.4, -0.2) is 25.7 Å². The molecule has 220 valence electrons. The highest BCUT2D eigenvalue weighted by atomic mass is 35.5. The molecule has 3 aromatic rings. The molecule has 0 heterocycles. The summed E-state index contributed by atoms with van der Waals surface area (Å²) < 4.78 is 11.8. The maximum Gasteiger partial charge on any atom is 0.157 e. The molecule has 4 heteroatoms. The minimum Gasteiger partial charge on any atom is -1.00 e. The Bertz CT molecular complexity index is 996. The summed E-state index contributed by atoms with van der Waals surface area (Å²) in [7, 11) is -1.80. The highest BCUT2D eigenvalue weighted by Crippen LogP contribution is 2.58. The number of ether oxygens (including phenoxy) is 2. The van der Waals surface area contributed by atoms with Crippen LogP contribution in [0.25, 0.3) is 0 Å². The minimum atomic E-state index is -1.80. The summed E-state index contributed by atoms with van der Waals surface area (Å²) in [6.07, 6.45) is 11.9. The SMILES string of the molecule is CCCOC(CCCCCCCC[P+](c1ccccc1C)(c1ccccc1C)c1ccccc1C)OCCC.[Cl-]. The van der Waals surface area contributed by atoms with Crippen LogP contribution < -0.4 is 28.3 Å². The predicted octanol–water partition coefficient (Wildman–Crippen LogP) is 5.82. The number of halogens is 1. The van der Waals surface area contributed by atoms with Crippen molar-refractivity contribution in [1.29, 1.82) is 0 Å². The van der Waals surface area contributed by atoms with Gasteiger partial charge in [0.15, 0.2) is 6.29 Å². The molecule has 0 radical (unpaired) electrons. The van der Waals surface area contributed by atoms with Gasteiger partial charge in [0.2, 0.25) is 0 Å². The molecule has 40 heavy (non-hydrogen) atoms. The predicted molar refractivity (Wildman–Crippen MR) is 173 cm³/mol. The number of hydrogen-bond donors (Lipinski definition) is 0. The summed E-state index contributed by atoms with van der Waals surface area (Å²) in [5.41, 5.74) is 4.26. The molecule has 0 fully saturated rings. The van der Waals surface area contributed by atoms with Gasteiger partial charge in [-0.05, 0) is 94.2 Å². The van der Waals surface area contributed by atoms with Crippen molar-refractivity contribution in [3.8, 4) is 0 Å². The molecule has 0 aliphatic heterocycles. The molecule has 0 saturated carbocycles. The van der Waals surface area contributed by atoms with Crippen molar-refractivity contribution >= 4 is 23.2 Å². The standard InChI is InChI=1S/C36H52O2P.ClH/c1-6-27-37-36(38-28-7-2)26-12-10-8-9-11-19-29-39(33-23-16-13-20-30(33)3,34-24-17-14-21-31(34)4)35-25-18-15-22-32(35)5;/h13-18,20-25,36H,6-12,19,26-29H2,1-5H3;1H/q+1;/p-1. The molecule has 3 aromatic carbocycles. The Morgan fingerprint density at radius 2 is 0.925 bits per heavy atom. The van der Waals surface area contributed by atoms with E-state index in [9.17, 15) is 0 Å². The Morgan fingerprint density at radius 1 is 0.550 bits per heavy atom. The molecule has 3 rings (SSSR count). The van der Waals surface area contributed by atoms with E-state index >= 15 is 0 Å². The second-order valence-corrected chi connectivity index (χ2v) is 14.5. The number of rotatable bonds is 18. The Hall–Kier alpha value is -1.70. The van der Waals surface area contributed by atoms with Crippen LogP contribution in [0, 0.1) is 20.8 Å². The molecule has 0 atom stereocenters. The highest BCUT2D eigenvalue weighted by Gasteiger charge is 2.47. The minimum absolute atomic E-state index is 0. The van der Waals surface area contributed by atoms with Crippen molar-refractivity contribution in [2.24, 2.45) is 0 Å². The number of aryl methyl sites for hydroxylation is 3. The van der Waals surface area contributed by atoms with Gasteiger partial charge in [0.05, 0.1) is 6.16 Å². The van der Waals surface area contributed by atoms with Crippen molar-refractivity contribution in [3.05, 3.63) is 89.5 Å². The smallest absolute Gasteiger partial charge is 0.157 e. The summed E-state index contributed by atoms with van der Waals surface area (Å²) in [5.74, 6) is 0. The largest absolute Gasteiger partial charge is 1.00 e. The summed E-state index contributed by atoms with van der Waals surface area (Å²) >= 11 is 0. The van der Waals surface area contributed by atoms with Crippen molar-refractivity contribution in [3.63, 3.8) is 0 Å². The topological polar surface area (TPSA) is 18.5 Å². The molecule has 2 nitrogen and oxygen atoms in total. The average molecular weight is 583 g/mol. The lowest BCUT2D eigenvalue weighted by Gasteiger charge is -2.31. The summed E-state index contributed by atoms with van der Waals surface area (Å²) in [4.78, 5) is 0. The van der Waals surface area contributed by atoms with Crippen LogP contribution in [0.15, 0.2) is 72.8 Å². The van der Waals surface area contributed by atoms with Gasteiger partial charge in [-0.25, -0.2) is 0 Å². The second-order valence-electron chi connectivity index (χ2n) is 11.0. The Kier molecular flexibility index (Phi) is 16.1. The Morgan fingerprint density at radius 3 is 1.32 bits per heavy atom. The quantitative estimate of drug-likeness (QED) is 0.107. The molecule has 0 aliphatic rings. The van der Waals surface area contributed by atoms with E-state index in [1.54, 1.807) is 15.9 Å². The van der Waals surface area contributed by atoms with E-state index in [4.69, 9.17) is 9.47 Å². The molecule has 0 aromatic heterocycles. The zero-order valence-corrected chi connectivity index (χ0v) is 27.3. The van der Waals surface area contributed by atoms with Gasteiger partial charge in [-0.1, -0.05) is 87.7 Å². The van der Waals surface area contributed by atoms with Crippen LogP contribution >= 0.6 is 7.26 Å². The van der Waals surface area contributed by atoms with E-state index in [0.29, 0.717) is 0 Å². The van der Waals surface area contributed by atoms with Crippen LogP contribution in [0.2, 0.25) is 0 Å². The first kappa shape index (κ1) is 34.5. The molecule has 0 bridgehead atoms. The van der Waals surface area contributed by atoms with Crippen LogP contribution in [0.4, 0.5) is 0 Å². The zero-order valence-electron chi connectivity index (χ0n) is 25.6. The second kappa shape index (κ2) is 18.7. The van der Waals surface area contributed by atoms with Gasteiger partial charge in [-0.3, -0.25) is 0 Å². The molecular weight excluding hydrogens is 531 g/mol. The molecule has 0 unspecified atom stereocenters. The van der Waals surface area contributed by atoms with Crippen LogP contribution in [-0.2, 0) is 9.47 Å². The van der Waals surface area contributed by atoms with Gasteiger partial charge in [0.1, 0.15) is 23.2 Å². The first-order valence-corrected chi connectivity index (χ1v) is 17.3. The molecular formula is C36H52ClO2P. The van der Waals surface area contributed by atoms with E-state index in [1.165, 1.54) is 61.4 Å². The van der Waals surface area contributed by atoms with Gasteiger partial charge in [-0.15, -0.1) is 0 Å². The van der Waals surface area contributed by atoms with E-state index in [0.717, 1.165) is 32.5 Å². The van der Waals surface area contributed by atoms with Crippen molar-refractivity contribution in [1.82, 2.24) is 0 Å². The van der Waals surface area contributed by atoms with Crippen molar-refractivity contribution in [2.45, 2.75) is 98.7 Å². The van der Waals surface area contributed by atoms with Gasteiger partial charge >= 0.3 is 0 Å². The number of hydrogen-bond acceptors (Lipinski definition) is 2. The number of benzene rings is 3. The normalized spacial score (nSPS) is 11.6. The van der Waals surface area contributed by atoms with Gasteiger partial charge in [0.25, 0.3) is 0 Å². The third-order valence-electron chi connectivity index (χ3n) is 7.78. The summed E-state index contributed by atoms with van der Waals surface area (Å²) in [6, 6.07) is 27.5. The molecule has 0 saturated heterocycles. The number of unbranched alkanes of at least 4 members (excludes halogenated alkanes) is 5. The maximum absolute atomic E-state index is 5.91. The third kappa shape index (κ3) is 9.42. The van der Waals surface area contributed by atoms with Crippen molar-refractivity contribution < 1.29 is 21.9 Å². The molecule has 0 spiro atoms. The molecule has 0 N–H and O–H groups in total. The fraction of sp³-hybridized carbons (Fsp3) is 0.500. The monoisotopic (exact) mass is 582 g/mol. The van der Waals surface area contributed by atoms with Crippen molar-refractivity contribution in [2.75, 3.05) is 19.4 Å². The lowest BCUT2D eigenvalue weighted by molar-refractivity contribution is -0.146. The van der Waals surface area contributed by atoms with E-state index in [1.807, 2.05) is 0 Å². The highest BCUT2D eigenvalue weighted by molar-refractivity contribution is 7.96. The van der Waals surface area contributed by atoms with Gasteiger partial charge < -0.3 is 21.9 Å². The van der Waals surface area contributed by atoms with Crippen LogP contribution in [0.5, 0.6) is 0 Å². The first-order chi connectivity index (χ1) is 19.0. The fourth-order valence-corrected chi connectivity index (χ4v) is 11.1. The lowest BCUT2D eigenvalue weighted by Crippen LogP contribution is -3.00. The van der Waals surface area contributed by atoms with Gasteiger partial charge in [0, 0.05) is 13.2 Å². The maximum atomic E-state index is 5.91. The molecule has 0 amide bonds. The summed E-state index contributed by atoms with van der Waals surface area (Å²) in [5, 5.41) is 4.66. The van der Waals surface area contributed by atoms with E-state index in [2.05, 4.69) is 107 Å².